The van der Waals surface area contributed by atoms with Gasteiger partial charge >= 0.3 is 11.9 Å². The monoisotopic (exact) mass is 161 g/mol. The molecular formula is C6H11NO4. The molecule has 0 amide bonds. The van der Waals surface area contributed by atoms with E-state index in [0.717, 1.165) is 0 Å². The zero-order valence-corrected chi connectivity index (χ0v) is 6.15. The number of carboxylic acid groups (broad SMARTS) is 2. The molecule has 1 atom stereocenters. The zero-order valence-electron chi connectivity index (χ0n) is 6.15. The fourth-order valence-corrected chi connectivity index (χ4v) is 0.728. The number of aliphatic carboxylic acids is 2. The zero-order chi connectivity index (χ0) is 9.02. The summed E-state index contributed by atoms with van der Waals surface area (Å²) in [5, 5.41) is 16.8. The molecule has 5 heteroatoms. The molecule has 0 rings (SSSR count). The Labute approximate surface area is 63.8 Å². The maximum absolute atomic E-state index is 10.3. The molecule has 0 fully saturated rings. The van der Waals surface area contributed by atoms with Crippen LogP contribution < -0.4 is 5.73 Å². The first kappa shape index (κ1) is 9.90. The minimum Gasteiger partial charge on any atom is -0.481 e. The van der Waals surface area contributed by atoms with Gasteiger partial charge in [-0.15, -0.1) is 0 Å². The molecule has 5 nitrogen and oxygen atoms in total. The lowest BCUT2D eigenvalue weighted by molar-refractivity contribution is -0.156. The summed E-state index contributed by atoms with van der Waals surface area (Å²) in [5.41, 5.74) is 5.12. The molecule has 0 radical (unpaired) electrons. The van der Waals surface area contributed by atoms with Gasteiger partial charge in [-0.1, -0.05) is 6.92 Å². The maximum Gasteiger partial charge on any atom is 0.318 e. The molecule has 0 bridgehead atoms. The Balaban J connectivity index is 4.34. The second-order valence-electron chi connectivity index (χ2n) is 2.37. The van der Waals surface area contributed by atoms with E-state index in [-0.39, 0.29) is 6.54 Å². The number of hydrogen-bond donors (Lipinski definition) is 3. The van der Waals surface area contributed by atoms with E-state index in [9.17, 15) is 9.59 Å². The predicted molar refractivity (Wildman–Crippen MR) is 37.0 cm³/mol. The molecule has 64 valence electrons. The lowest BCUT2D eigenvalue weighted by atomic mass is 9.95. The van der Waals surface area contributed by atoms with Gasteiger partial charge in [0.25, 0.3) is 0 Å². The second-order valence-corrected chi connectivity index (χ2v) is 2.37. The van der Waals surface area contributed by atoms with Gasteiger partial charge in [0.15, 0.2) is 5.92 Å². The van der Waals surface area contributed by atoms with Crippen LogP contribution in [0, 0.1) is 11.8 Å². The maximum atomic E-state index is 10.3. The van der Waals surface area contributed by atoms with Crippen LogP contribution >= 0.6 is 0 Å². The summed E-state index contributed by atoms with van der Waals surface area (Å²) in [6.45, 7) is 1.55. The Bertz CT molecular complexity index is 154. The molecule has 0 aromatic heterocycles. The summed E-state index contributed by atoms with van der Waals surface area (Å²) < 4.78 is 0. The Kier molecular flexibility index (Phi) is 3.53. The molecule has 11 heavy (non-hydrogen) atoms. The SMILES string of the molecule is CC(CN)C(C(=O)O)C(=O)O. The van der Waals surface area contributed by atoms with Crippen LogP contribution in [0.15, 0.2) is 0 Å². The first-order valence-corrected chi connectivity index (χ1v) is 3.16. The van der Waals surface area contributed by atoms with Crippen molar-refractivity contribution in [2.45, 2.75) is 6.92 Å². The highest BCUT2D eigenvalue weighted by Crippen LogP contribution is 2.10. The van der Waals surface area contributed by atoms with Crippen LogP contribution in [0.3, 0.4) is 0 Å². The lowest BCUT2D eigenvalue weighted by Gasteiger charge is -2.12. The highest BCUT2D eigenvalue weighted by molar-refractivity contribution is 5.93. The Morgan fingerprint density at radius 1 is 1.36 bits per heavy atom. The van der Waals surface area contributed by atoms with Crippen LogP contribution in [0.4, 0.5) is 0 Å². The molecule has 1 unspecified atom stereocenters. The molecule has 0 saturated carbocycles. The molecule has 0 aliphatic rings. The average Bonchev–Trinajstić information content (AvgIpc) is 1.85. The topological polar surface area (TPSA) is 101 Å². The molecule has 0 saturated heterocycles. The summed E-state index contributed by atoms with van der Waals surface area (Å²) in [6.07, 6.45) is 0. The van der Waals surface area contributed by atoms with Crippen LogP contribution in [0.2, 0.25) is 0 Å². The van der Waals surface area contributed by atoms with Gasteiger partial charge < -0.3 is 15.9 Å². The molecule has 0 aromatic carbocycles. The largest absolute Gasteiger partial charge is 0.481 e. The van der Waals surface area contributed by atoms with Crippen molar-refractivity contribution in [1.29, 1.82) is 0 Å². The van der Waals surface area contributed by atoms with Crippen LogP contribution in [-0.4, -0.2) is 28.7 Å². The van der Waals surface area contributed by atoms with Gasteiger partial charge in [-0.2, -0.15) is 0 Å². The van der Waals surface area contributed by atoms with Crippen molar-refractivity contribution >= 4 is 11.9 Å². The van der Waals surface area contributed by atoms with E-state index in [4.69, 9.17) is 15.9 Å². The first-order valence-electron chi connectivity index (χ1n) is 3.16. The van der Waals surface area contributed by atoms with Gasteiger partial charge in [0.2, 0.25) is 0 Å². The number of hydrogen-bond acceptors (Lipinski definition) is 3. The van der Waals surface area contributed by atoms with E-state index < -0.39 is 23.8 Å². The normalized spacial score (nSPS) is 13.0. The van der Waals surface area contributed by atoms with Gasteiger partial charge in [0.05, 0.1) is 0 Å². The fraction of sp³-hybridized carbons (Fsp3) is 0.667. The van der Waals surface area contributed by atoms with Crippen molar-refractivity contribution in [2.24, 2.45) is 17.6 Å². The number of nitrogens with two attached hydrogens (primary N) is 1. The third-order valence-corrected chi connectivity index (χ3v) is 1.47. The van der Waals surface area contributed by atoms with E-state index in [1.165, 1.54) is 6.92 Å². The quantitative estimate of drug-likeness (QED) is 0.476. The molecule has 0 aromatic rings. The second kappa shape index (κ2) is 3.92. The minimum absolute atomic E-state index is 0.0588. The number of carbonyl (C=O) groups is 2. The number of rotatable bonds is 4. The van der Waals surface area contributed by atoms with Crippen molar-refractivity contribution in [1.82, 2.24) is 0 Å². The van der Waals surface area contributed by atoms with Crippen molar-refractivity contribution in [3.05, 3.63) is 0 Å². The van der Waals surface area contributed by atoms with E-state index >= 15 is 0 Å². The van der Waals surface area contributed by atoms with E-state index in [1.54, 1.807) is 0 Å². The smallest absolute Gasteiger partial charge is 0.318 e. The van der Waals surface area contributed by atoms with Gasteiger partial charge in [-0.05, 0) is 12.5 Å². The molecule has 0 aliphatic carbocycles. The van der Waals surface area contributed by atoms with E-state index in [1.807, 2.05) is 0 Å². The van der Waals surface area contributed by atoms with Gasteiger partial charge in [0, 0.05) is 0 Å². The van der Waals surface area contributed by atoms with E-state index in [0.29, 0.717) is 0 Å². The van der Waals surface area contributed by atoms with Crippen LogP contribution in [0.5, 0.6) is 0 Å². The van der Waals surface area contributed by atoms with Crippen molar-refractivity contribution in [2.75, 3.05) is 6.54 Å². The Hall–Kier alpha value is -1.10. The van der Waals surface area contributed by atoms with Crippen LogP contribution in [0.25, 0.3) is 0 Å². The van der Waals surface area contributed by atoms with Gasteiger partial charge in [0.1, 0.15) is 0 Å². The predicted octanol–water partition coefficient (Wildman–Crippen LogP) is -0.633. The molecular weight excluding hydrogens is 150 g/mol. The molecule has 0 spiro atoms. The van der Waals surface area contributed by atoms with Gasteiger partial charge in [-0.25, -0.2) is 0 Å². The highest BCUT2D eigenvalue weighted by Gasteiger charge is 2.30. The molecule has 0 heterocycles. The fourth-order valence-electron chi connectivity index (χ4n) is 0.728. The summed E-state index contributed by atoms with van der Waals surface area (Å²) in [5.74, 6) is -4.60. The minimum atomic E-state index is -1.39. The van der Waals surface area contributed by atoms with E-state index in [2.05, 4.69) is 0 Å². The molecule has 4 N–H and O–H groups in total. The Morgan fingerprint density at radius 3 is 1.82 bits per heavy atom. The summed E-state index contributed by atoms with van der Waals surface area (Å²) >= 11 is 0. The summed E-state index contributed by atoms with van der Waals surface area (Å²) in [4.78, 5) is 20.6. The van der Waals surface area contributed by atoms with Crippen molar-refractivity contribution in [3.63, 3.8) is 0 Å². The lowest BCUT2D eigenvalue weighted by Crippen LogP contribution is -2.33. The van der Waals surface area contributed by atoms with Crippen LogP contribution in [-0.2, 0) is 9.59 Å². The van der Waals surface area contributed by atoms with Gasteiger partial charge in [-0.3, -0.25) is 9.59 Å². The Morgan fingerprint density at radius 2 is 1.73 bits per heavy atom. The first-order chi connectivity index (χ1) is 5.00. The third-order valence-electron chi connectivity index (χ3n) is 1.47. The standard InChI is InChI=1S/C6H11NO4/c1-3(2-7)4(5(8)9)6(10)11/h3-4H,2,7H2,1H3,(H,8,9)(H,10,11). The third kappa shape index (κ3) is 2.55. The van der Waals surface area contributed by atoms with Crippen molar-refractivity contribution in [3.8, 4) is 0 Å². The summed E-state index contributed by atoms with van der Waals surface area (Å²) in [6, 6.07) is 0. The molecule has 0 aliphatic heterocycles. The highest BCUT2D eigenvalue weighted by atomic mass is 16.4. The average molecular weight is 161 g/mol. The summed E-state index contributed by atoms with van der Waals surface area (Å²) in [7, 11) is 0. The van der Waals surface area contributed by atoms with Crippen LogP contribution in [0.1, 0.15) is 6.92 Å². The van der Waals surface area contributed by atoms with Crippen molar-refractivity contribution < 1.29 is 19.8 Å². The number of carboxylic acids is 2.